The molecular weight excluding hydrogens is 274 g/mol. The monoisotopic (exact) mass is 285 g/mol. The van der Waals surface area contributed by atoms with Crippen LogP contribution in [0.4, 0.5) is 0 Å². The van der Waals surface area contributed by atoms with Gasteiger partial charge in [0.25, 0.3) is 0 Å². The van der Waals surface area contributed by atoms with E-state index < -0.39 is 11.9 Å². The number of hydrogen-bond acceptors (Lipinski definition) is 6. The van der Waals surface area contributed by atoms with Gasteiger partial charge in [-0.15, -0.1) is 0 Å². The molecule has 1 aliphatic heterocycles. The number of rotatable bonds is 2. The summed E-state index contributed by atoms with van der Waals surface area (Å²) in [7, 11) is 4.45. The largest absolute Gasteiger partial charge is 0.465 e. The van der Waals surface area contributed by atoms with Crippen molar-refractivity contribution in [3.05, 3.63) is 22.1 Å². The van der Waals surface area contributed by atoms with Crippen LogP contribution >= 0.6 is 23.5 Å². The number of ether oxygens (including phenoxy) is 2. The Balaban J connectivity index is 2.46. The second kappa shape index (κ2) is 5.11. The molecule has 1 aliphatic rings. The van der Waals surface area contributed by atoms with Crippen molar-refractivity contribution >= 4 is 35.5 Å². The fourth-order valence-electron chi connectivity index (χ4n) is 1.45. The van der Waals surface area contributed by atoms with Crippen LogP contribution in [0.3, 0.4) is 0 Å². The highest BCUT2D eigenvalue weighted by atomic mass is 32.2. The predicted octanol–water partition coefficient (Wildman–Crippen LogP) is 1.78. The van der Waals surface area contributed by atoms with E-state index in [2.05, 4.69) is 0 Å². The molecule has 5 nitrogen and oxygen atoms in total. The van der Waals surface area contributed by atoms with Gasteiger partial charge in [0.15, 0.2) is 0 Å². The lowest BCUT2D eigenvalue weighted by Crippen LogP contribution is -2.13. The van der Waals surface area contributed by atoms with Crippen LogP contribution in [0.15, 0.2) is 32.0 Å². The Morgan fingerprint density at radius 1 is 1.11 bits per heavy atom. The molecule has 0 atom stereocenters. The summed E-state index contributed by atoms with van der Waals surface area (Å²) in [6, 6.07) is 1.89. The van der Waals surface area contributed by atoms with Gasteiger partial charge in [0.2, 0.25) is 0 Å². The average Bonchev–Trinajstić information content (AvgIpc) is 2.76. The Kier molecular flexibility index (Phi) is 3.72. The molecule has 2 heterocycles. The van der Waals surface area contributed by atoms with Crippen LogP contribution in [0, 0.1) is 0 Å². The number of carbonyl (C=O) groups is 2. The topological polar surface area (TPSA) is 57.5 Å². The van der Waals surface area contributed by atoms with Gasteiger partial charge in [-0.05, 0) is 6.07 Å². The molecule has 2 rings (SSSR count). The van der Waals surface area contributed by atoms with Gasteiger partial charge in [-0.1, -0.05) is 23.5 Å². The van der Waals surface area contributed by atoms with Crippen LogP contribution < -0.4 is 0 Å². The minimum absolute atomic E-state index is 0.267. The van der Waals surface area contributed by atoms with Crippen LogP contribution in [0.5, 0.6) is 0 Å². The van der Waals surface area contributed by atoms with E-state index in [4.69, 9.17) is 9.47 Å². The molecular formula is C11H11NO4S2. The highest BCUT2D eigenvalue weighted by Gasteiger charge is 2.31. The summed E-state index contributed by atoms with van der Waals surface area (Å²) in [4.78, 5) is 24.9. The smallest absolute Gasteiger partial charge is 0.346 e. The minimum atomic E-state index is -0.528. The minimum Gasteiger partial charge on any atom is -0.465 e. The van der Waals surface area contributed by atoms with Gasteiger partial charge in [0.05, 0.1) is 19.2 Å². The maximum atomic E-state index is 11.7. The maximum Gasteiger partial charge on any atom is 0.346 e. The Morgan fingerprint density at radius 2 is 1.67 bits per heavy atom. The molecule has 0 aliphatic carbocycles. The molecule has 0 saturated heterocycles. The molecule has 0 bridgehead atoms. The molecule has 0 spiro atoms. The number of esters is 2. The van der Waals surface area contributed by atoms with Crippen LogP contribution in [-0.2, 0) is 26.1 Å². The molecule has 7 heteroatoms. The molecule has 0 saturated carbocycles. The number of aromatic nitrogens is 1. The van der Waals surface area contributed by atoms with Crippen molar-refractivity contribution < 1.29 is 19.1 Å². The normalized spacial score (nSPS) is 14.2. The second-order valence-electron chi connectivity index (χ2n) is 3.44. The zero-order valence-electron chi connectivity index (χ0n) is 10.1. The highest BCUT2D eigenvalue weighted by Crippen LogP contribution is 2.47. The number of aryl methyl sites for hydroxylation is 1. The van der Waals surface area contributed by atoms with Crippen LogP contribution in [0.2, 0.25) is 0 Å². The SMILES string of the molecule is COC(=O)C1=C(C(=O)OC)Sc2c(ccn2C)S1. The van der Waals surface area contributed by atoms with Crippen molar-refractivity contribution in [2.75, 3.05) is 14.2 Å². The summed E-state index contributed by atoms with van der Waals surface area (Å²) in [5, 5.41) is 0.910. The van der Waals surface area contributed by atoms with Gasteiger partial charge >= 0.3 is 11.9 Å². The quantitative estimate of drug-likeness (QED) is 0.772. The van der Waals surface area contributed by atoms with E-state index in [-0.39, 0.29) is 9.81 Å². The summed E-state index contributed by atoms with van der Waals surface area (Å²) >= 11 is 2.45. The van der Waals surface area contributed by atoms with Crippen molar-refractivity contribution in [1.29, 1.82) is 0 Å². The summed E-state index contributed by atoms with van der Waals surface area (Å²) < 4.78 is 11.3. The molecule has 0 amide bonds. The van der Waals surface area contributed by atoms with Gasteiger partial charge in [-0.2, -0.15) is 0 Å². The lowest BCUT2D eigenvalue weighted by Gasteiger charge is -2.17. The third-order valence-electron chi connectivity index (χ3n) is 2.34. The molecule has 0 unspecified atom stereocenters. The lowest BCUT2D eigenvalue weighted by molar-refractivity contribution is -0.138. The molecule has 0 N–H and O–H groups in total. The van der Waals surface area contributed by atoms with E-state index in [0.717, 1.165) is 9.92 Å². The van der Waals surface area contributed by atoms with Crippen molar-refractivity contribution in [2.45, 2.75) is 9.92 Å². The van der Waals surface area contributed by atoms with Crippen LogP contribution in [0.25, 0.3) is 0 Å². The van der Waals surface area contributed by atoms with E-state index in [9.17, 15) is 9.59 Å². The maximum absolute atomic E-state index is 11.7. The zero-order chi connectivity index (χ0) is 13.3. The third-order valence-corrected chi connectivity index (χ3v) is 5.00. The van der Waals surface area contributed by atoms with Crippen molar-refractivity contribution in [3.8, 4) is 0 Å². The van der Waals surface area contributed by atoms with Gasteiger partial charge in [-0.25, -0.2) is 9.59 Å². The first-order valence-electron chi connectivity index (χ1n) is 5.00. The number of thioether (sulfide) groups is 2. The van der Waals surface area contributed by atoms with E-state index in [1.165, 1.54) is 37.7 Å². The summed E-state index contributed by atoms with van der Waals surface area (Å²) in [5.41, 5.74) is 0. The number of fused-ring (bicyclic) bond motifs is 1. The Morgan fingerprint density at radius 3 is 2.22 bits per heavy atom. The second-order valence-corrected chi connectivity index (χ2v) is 5.49. The van der Waals surface area contributed by atoms with E-state index in [1.54, 1.807) is 0 Å². The number of hydrogen-bond donors (Lipinski definition) is 0. The van der Waals surface area contributed by atoms with Crippen LogP contribution in [0.1, 0.15) is 0 Å². The Labute approximate surface area is 113 Å². The standard InChI is InChI=1S/C11H11NO4S2/c1-12-5-4-6-9(12)18-8(11(14)16-3)7(17-6)10(13)15-2/h4-5H,1-3H3. The Bertz CT molecular complexity index is 547. The highest BCUT2D eigenvalue weighted by molar-refractivity contribution is 8.10. The predicted molar refractivity (Wildman–Crippen MR) is 68.2 cm³/mol. The molecule has 1 aromatic heterocycles. The van der Waals surface area contributed by atoms with Crippen LogP contribution in [-0.4, -0.2) is 30.7 Å². The van der Waals surface area contributed by atoms with Gasteiger partial charge in [-0.3, -0.25) is 0 Å². The van der Waals surface area contributed by atoms with Gasteiger partial charge in [0, 0.05) is 18.1 Å². The number of carbonyl (C=O) groups excluding carboxylic acids is 2. The fraction of sp³-hybridized carbons (Fsp3) is 0.273. The third kappa shape index (κ3) is 2.15. The summed E-state index contributed by atoms with van der Waals surface area (Å²) in [6.07, 6.45) is 1.87. The molecule has 0 aromatic carbocycles. The molecule has 18 heavy (non-hydrogen) atoms. The Hall–Kier alpha value is -1.34. The van der Waals surface area contributed by atoms with Crippen molar-refractivity contribution in [2.24, 2.45) is 7.05 Å². The van der Waals surface area contributed by atoms with Crippen molar-refractivity contribution in [1.82, 2.24) is 4.57 Å². The average molecular weight is 285 g/mol. The van der Waals surface area contributed by atoms with E-state index >= 15 is 0 Å². The summed E-state index contributed by atoms with van der Waals surface area (Å²) in [6.45, 7) is 0. The first-order valence-corrected chi connectivity index (χ1v) is 6.63. The molecule has 1 aromatic rings. The van der Waals surface area contributed by atoms with E-state index in [0.29, 0.717) is 0 Å². The first kappa shape index (κ1) is 13.1. The summed E-state index contributed by atoms with van der Waals surface area (Å²) in [5.74, 6) is -1.05. The number of methoxy groups -OCH3 is 2. The van der Waals surface area contributed by atoms with E-state index in [1.807, 2.05) is 23.9 Å². The molecule has 0 fully saturated rings. The van der Waals surface area contributed by atoms with Crippen molar-refractivity contribution in [3.63, 3.8) is 0 Å². The fourth-order valence-corrected chi connectivity index (χ4v) is 3.78. The van der Waals surface area contributed by atoms with Gasteiger partial charge < -0.3 is 14.0 Å². The zero-order valence-corrected chi connectivity index (χ0v) is 11.7. The first-order chi connectivity index (χ1) is 8.58. The van der Waals surface area contributed by atoms with Gasteiger partial charge in [0.1, 0.15) is 9.81 Å². The molecule has 96 valence electrons. The molecule has 0 radical (unpaired) electrons. The number of nitrogens with zero attached hydrogens (tertiary/aromatic N) is 1. The lowest BCUT2D eigenvalue weighted by atomic mass is 10.5.